The molecule has 0 fully saturated rings. The molecular weight excluding hydrogens is 500 g/mol. The van der Waals surface area contributed by atoms with Crippen LogP contribution in [0.4, 0.5) is 0 Å². The summed E-state index contributed by atoms with van der Waals surface area (Å²) in [7, 11) is 3.34. The maximum atomic E-state index is 10.6. The Morgan fingerprint density at radius 2 is 1.12 bits per heavy atom. The smallest absolute Gasteiger partial charge is 0.330 e. The zero-order chi connectivity index (χ0) is 29.1. The Hall–Kier alpha value is -3.10. The first-order chi connectivity index (χ1) is 18.6. The van der Waals surface area contributed by atoms with Crippen LogP contribution in [-0.2, 0) is 9.31 Å². The molecule has 2 radical (unpaired) electrons. The average molecular weight is 537 g/mol. The van der Waals surface area contributed by atoms with E-state index in [1.807, 2.05) is 76.2 Å². The fourth-order valence-electron chi connectivity index (χ4n) is 4.25. The number of imidazole rings is 2. The molecular formula is C31H37B2N3O4. The molecule has 0 atom stereocenters. The molecule has 0 spiro atoms. The first kappa shape index (κ1) is 28.4. The molecule has 0 aliphatic carbocycles. The molecule has 0 unspecified atom stereocenters. The van der Waals surface area contributed by atoms with Crippen LogP contribution in [-0.4, -0.2) is 61.5 Å². The summed E-state index contributed by atoms with van der Waals surface area (Å²) in [6, 6.07) is 22.4. The van der Waals surface area contributed by atoms with Crippen molar-refractivity contribution in [2.45, 2.75) is 77.8 Å². The Labute approximate surface area is 237 Å². The van der Waals surface area contributed by atoms with Gasteiger partial charge < -0.3 is 19.5 Å². The summed E-state index contributed by atoms with van der Waals surface area (Å²) in [6.45, 7) is 14.3. The number of aliphatic hydroxyl groups is 2. The van der Waals surface area contributed by atoms with Crippen molar-refractivity contribution in [3.63, 3.8) is 0 Å². The van der Waals surface area contributed by atoms with Crippen LogP contribution in [0.15, 0.2) is 66.7 Å². The van der Waals surface area contributed by atoms with Gasteiger partial charge in [0.1, 0.15) is 0 Å². The molecule has 5 rings (SSSR count). The average Bonchev–Trinajstić information content (AvgIpc) is 3.39. The van der Waals surface area contributed by atoms with E-state index in [4.69, 9.17) is 14.3 Å². The van der Waals surface area contributed by atoms with Crippen molar-refractivity contribution in [3.05, 3.63) is 66.7 Å². The quantitative estimate of drug-likeness (QED) is 0.278. The molecule has 2 aromatic heterocycles. The molecule has 2 heterocycles. The fraction of sp³-hybridized carbons (Fsp3) is 0.387. The van der Waals surface area contributed by atoms with Crippen LogP contribution in [0.25, 0.3) is 33.5 Å². The second-order valence-corrected chi connectivity index (χ2v) is 12.5. The lowest BCUT2D eigenvalue weighted by Crippen LogP contribution is -2.50. The minimum Gasteiger partial charge on any atom is -0.427 e. The molecule has 0 aliphatic rings. The SMILES string of the molecule is CC(C)(O)C(C)(C)O[B]c1cc([B]OC(C)(C)C(C)(C)O)cc(-n2c3ccccc3n3c4ccccc4nc23)c1. The highest BCUT2D eigenvalue weighted by Gasteiger charge is 2.37. The summed E-state index contributed by atoms with van der Waals surface area (Å²) in [5.74, 6) is 0.793. The van der Waals surface area contributed by atoms with Gasteiger partial charge in [-0.15, -0.1) is 0 Å². The number of fused-ring (bicyclic) bond motifs is 5. The van der Waals surface area contributed by atoms with Gasteiger partial charge in [0.05, 0.1) is 44.5 Å². The first-order valence-corrected chi connectivity index (χ1v) is 13.6. The molecule has 0 amide bonds. The number of nitrogens with zero attached hydrogens (tertiary/aromatic N) is 3. The third kappa shape index (κ3) is 5.07. The highest BCUT2D eigenvalue weighted by molar-refractivity contribution is 6.51. The predicted octanol–water partition coefficient (Wildman–Crippen LogP) is 4.05. The number of aromatic nitrogens is 3. The lowest BCUT2D eigenvalue weighted by atomic mass is 9.77. The van der Waals surface area contributed by atoms with E-state index in [0.717, 1.165) is 44.5 Å². The Morgan fingerprint density at radius 3 is 1.65 bits per heavy atom. The number of rotatable bonds is 9. The number of hydrogen-bond donors (Lipinski definition) is 2. The topological polar surface area (TPSA) is 81.2 Å². The first-order valence-electron chi connectivity index (χ1n) is 13.6. The summed E-state index contributed by atoms with van der Waals surface area (Å²) >= 11 is 0. The maximum absolute atomic E-state index is 10.6. The van der Waals surface area contributed by atoms with Crippen molar-refractivity contribution in [3.8, 4) is 5.69 Å². The van der Waals surface area contributed by atoms with Crippen LogP contribution in [0, 0.1) is 0 Å². The molecule has 0 saturated heterocycles. The van der Waals surface area contributed by atoms with E-state index in [9.17, 15) is 10.2 Å². The Kier molecular flexibility index (Phi) is 6.94. The van der Waals surface area contributed by atoms with E-state index in [2.05, 4.69) is 27.2 Å². The van der Waals surface area contributed by atoms with Crippen LogP contribution >= 0.6 is 0 Å². The van der Waals surface area contributed by atoms with Crippen molar-refractivity contribution < 1.29 is 19.5 Å². The number of hydrogen-bond acceptors (Lipinski definition) is 5. The normalized spacial score (nSPS) is 13.4. The van der Waals surface area contributed by atoms with E-state index in [-0.39, 0.29) is 0 Å². The molecule has 3 aromatic carbocycles. The van der Waals surface area contributed by atoms with Crippen LogP contribution in [0.3, 0.4) is 0 Å². The van der Waals surface area contributed by atoms with Crippen molar-refractivity contribution in [1.82, 2.24) is 14.0 Å². The summed E-state index contributed by atoms with van der Waals surface area (Å²) in [5.41, 5.74) is 2.67. The fourth-order valence-corrected chi connectivity index (χ4v) is 4.25. The van der Waals surface area contributed by atoms with Crippen molar-refractivity contribution in [2.75, 3.05) is 0 Å². The van der Waals surface area contributed by atoms with Gasteiger partial charge in [-0.2, -0.15) is 0 Å². The molecule has 9 heteroatoms. The zero-order valence-electron chi connectivity index (χ0n) is 24.6. The predicted molar refractivity (Wildman–Crippen MR) is 163 cm³/mol. The Bertz CT molecular complexity index is 1640. The third-order valence-electron chi connectivity index (χ3n) is 8.25. The minimum atomic E-state index is -1.06. The zero-order valence-corrected chi connectivity index (χ0v) is 24.6. The minimum absolute atomic E-state index is 0.790. The Morgan fingerprint density at radius 1 is 0.650 bits per heavy atom. The van der Waals surface area contributed by atoms with Crippen LogP contribution in [0.1, 0.15) is 55.4 Å². The van der Waals surface area contributed by atoms with E-state index < -0.39 is 22.4 Å². The van der Waals surface area contributed by atoms with E-state index >= 15 is 0 Å². The van der Waals surface area contributed by atoms with Gasteiger partial charge in [0, 0.05) is 5.69 Å². The standard InChI is InChI=1S/C31H37B2N3O4/c1-28(2,37)30(5,6)39-32-20-17-21(33-40-31(7,8)29(3,4)38)19-22(18-20)35-25-15-11-12-16-26(25)36-24-14-10-9-13-23(24)34-27(35)36/h9-19,37-38H,1-8H3. The van der Waals surface area contributed by atoms with Gasteiger partial charge in [0.25, 0.3) is 0 Å². The van der Waals surface area contributed by atoms with E-state index in [1.165, 1.54) is 0 Å². The lowest BCUT2D eigenvalue weighted by Gasteiger charge is -2.38. The molecule has 0 bridgehead atoms. The second kappa shape index (κ2) is 9.77. The molecule has 206 valence electrons. The van der Waals surface area contributed by atoms with Gasteiger partial charge in [-0.05, 0) is 91.8 Å². The van der Waals surface area contributed by atoms with Crippen LogP contribution in [0.2, 0.25) is 0 Å². The molecule has 0 aliphatic heterocycles. The molecule has 0 saturated carbocycles. The van der Waals surface area contributed by atoms with Gasteiger partial charge in [-0.3, -0.25) is 8.97 Å². The van der Waals surface area contributed by atoms with Crippen molar-refractivity contribution in [1.29, 1.82) is 0 Å². The van der Waals surface area contributed by atoms with E-state index in [0.29, 0.717) is 0 Å². The van der Waals surface area contributed by atoms with Crippen LogP contribution < -0.4 is 10.9 Å². The Balaban J connectivity index is 1.66. The summed E-state index contributed by atoms with van der Waals surface area (Å²) in [4.78, 5) is 5.00. The van der Waals surface area contributed by atoms with Gasteiger partial charge in [0.15, 0.2) is 0 Å². The van der Waals surface area contributed by atoms with Gasteiger partial charge in [-0.25, -0.2) is 4.98 Å². The van der Waals surface area contributed by atoms with Crippen molar-refractivity contribution >= 4 is 53.7 Å². The lowest BCUT2D eigenvalue weighted by molar-refractivity contribution is -0.0894. The van der Waals surface area contributed by atoms with Crippen molar-refractivity contribution in [2.24, 2.45) is 0 Å². The second-order valence-electron chi connectivity index (χ2n) is 12.5. The largest absolute Gasteiger partial charge is 0.427 e. The molecule has 7 nitrogen and oxygen atoms in total. The van der Waals surface area contributed by atoms with Gasteiger partial charge >= 0.3 is 15.0 Å². The summed E-state index contributed by atoms with van der Waals surface area (Å²) in [6.07, 6.45) is 0. The van der Waals surface area contributed by atoms with Gasteiger partial charge in [0.2, 0.25) is 5.78 Å². The third-order valence-corrected chi connectivity index (χ3v) is 8.25. The highest BCUT2D eigenvalue weighted by Crippen LogP contribution is 2.29. The molecule has 5 aromatic rings. The summed E-state index contributed by atoms with van der Waals surface area (Å²) in [5, 5.41) is 21.3. The molecule has 2 N–H and O–H groups in total. The van der Waals surface area contributed by atoms with Crippen LogP contribution in [0.5, 0.6) is 0 Å². The monoisotopic (exact) mass is 537 g/mol. The van der Waals surface area contributed by atoms with E-state index in [1.54, 1.807) is 42.7 Å². The highest BCUT2D eigenvalue weighted by atomic mass is 16.5. The number of benzene rings is 3. The molecule has 40 heavy (non-hydrogen) atoms. The summed E-state index contributed by atoms with van der Waals surface area (Å²) < 4.78 is 16.6. The van der Waals surface area contributed by atoms with Gasteiger partial charge in [-0.1, -0.05) is 41.3 Å². The maximum Gasteiger partial charge on any atom is 0.330 e. The number of para-hydroxylation sites is 4.